The normalized spacial score (nSPS) is 21.7. The van der Waals surface area contributed by atoms with Gasteiger partial charge in [-0.25, -0.2) is 4.79 Å². The number of ether oxygens (including phenoxy) is 1. The number of nitro groups is 1. The topological polar surface area (TPSA) is 136 Å². The fourth-order valence-corrected chi connectivity index (χ4v) is 4.50. The van der Waals surface area contributed by atoms with Crippen molar-refractivity contribution in [3.63, 3.8) is 0 Å². The molecule has 3 atom stereocenters. The van der Waals surface area contributed by atoms with Crippen molar-refractivity contribution in [2.45, 2.75) is 26.2 Å². The number of nitrogens with one attached hydrogen (secondary N) is 1. The number of non-ortho nitro benzene ring substituents is 1. The third-order valence-corrected chi connectivity index (χ3v) is 6.22. The number of nitrogens with zero attached hydrogens (tertiary/aromatic N) is 2. The van der Waals surface area contributed by atoms with Crippen LogP contribution in [0.25, 0.3) is 0 Å². The van der Waals surface area contributed by atoms with Gasteiger partial charge in [0.1, 0.15) is 0 Å². The number of carbonyl (C=O) groups excluding carboxylic acids is 4. The molecule has 1 saturated carbocycles. The largest absolute Gasteiger partial charge is 0.452 e. The van der Waals surface area contributed by atoms with Gasteiger partial charge in [-0.15, -0.1) is 0 Å². The lowest BCUT2D eigenvalue weighted by molar-refractivity contribution is -0.384. The standard InChI is InChI=1S/C24H23N3O7/c1-14-5-10-19-20(11-14)23(30)26(22(19)29)17-8-6-15(7-9-17)24(31)34-13-21(28)25-16-3-2-4-18(12-16)27(32)33/h2-4,6-9,12,14,19-20H,5,10-11,13H2,1H3,(H,25,28)/t14-,19-,20+/m1/s1. The van der Waals surface area contributed by atoms with Crippen LogP contribution in [0.3, 0.4) is 0 Å². The molecule has 1 saturated heterocycles. The number of anilines is 2. The first-order valence-electron chi connectivity index (χ1n) is 10.9. The lowest BCUT2D eigenvalue weighted by Gasteiger charge is -2.25. The molecule has 2 aromatic rings. The zero-order valence-corrected chi connectivity index (χ0v) is 18.4. The maximum absolute atomic E-state index is 12.8. The van der Waals surface area contributed by atoms with Crippen LogP contribution in [0, 0.1) is 27.9 Å². The summed E-state index contributed by atoms with van der Waals surface area (Å²) in [5, 5.41) is 13.2. The molecule has 2 fully saturated rings. The Morgan fingerprint density at radius 2 is 1.79 bits per heavy atom. The summed E-state index contributed by atoms with van der Waals surface area (Å²) in [6.07, 6.45) is 2.33. The van der Waals surface area contributed by atoms with Crippen molar-refractivity contribution >= 4 is 40.8 Å². The highest BCUT2D eigenvalue weighted by molar-refractivity contribution is 6.22. The molecule has 34 heavy (non-hydrogen) atoms. The number of hydrogen-bond acceptors (Lipinski definition) is 7. The Morgan fingerprint density at radius 1 is 1.09 bits per heavy atom. The molecular formula is C24H23N3O7. The van der Waals surface area contributed by atoms with Crippen LogP contribution in [0.5, 0.6) is 0 Å². The third kappa shape index (κ3) is 4.66. The van der Waals surface area contributed by atoms with Crippen molar-refractivity contribution < 1.29 is 28.8 Å². The molecule has 10 nitrogen and oxygen atoms in total. The van der Waals surface area contributed by atoms with Gasteiger partial charge in [0.2, 0.25) is 11.8 Å². The molecule has 2 aromatic carbocycles. The van der Waals surface area contributed by atoms with Crippen LogP contribution in [0.1, 0.15) is 36.5 Å². The highest BCUT2D eigenvalue weighted by Gasteiger charge is 2.49. The maximum Gasteiger partial charge on any atom is 0.338 e. The number of nitro benzene ring substituents is 1. The van der Waals surface area contributed by atoms with Gasteiger partial charge in [0.25, 0.3) is 11.6 Å². The summed E-state index contributed by atoms with van der Waals surface area (Å²) in [4.78, 5) is 61.4. The predicted molar refractivity (Wildman–Crippen MR) is 121 cm³/mol. The monoisotopic (exact) mass is 465 g/mol. The van der Waals surface area contributed by atoms with Gasteiger partial charge in [0, 0.05) is 17.8 Å². The van der Waals surface area contributed by atoms with Crippen molar-refractivity contribution in [1.82, 2.24) is 0 Å². The van der Waals surface area contributed by atoms with Crippen LogP contribution < -0.4 is 10.2 Å². The van der Waals surface area contributed by atoms with Gasteiger partial charge >= 0.3 is 5.97 Å². The van der Waals surface area contributed by atoms with Gasteiger partial charge in [0.05, 0.1) is 28.0 Å². The quantitative estimate of drug-likeness (QED) is 0.299. The van der Waals surface area contributed by atoms with E-state index >= 15 is 0 Å². The molecule has 1 heterocycles. The molecule has 2 aliphatic rings. The molecule has 0 radical (unpaired) electrons. The number of imide groups is 1. The second kappa shape index (κ2) is 9.42. The number of hydrogen-bond donors (Lipinski definition) is 1. The molecule has 1 N–H and O–H groups in total. The third-order valence-electron chi connectivity index (χ3n) is 6.22. The fourth-order valence-electron chi connectivity index (χ4n) is 4.50. The lowest BCUT2D eigenvalue weighted by atomic mass is 9.76. The van der Waals surface area contributed by atoms with E-state index in [0.29, 0.717) is 24.4 Å². The minimum Gasteiger partial charge on any atom is -0.452 e. The van der Waals surface area contributed by atoms with Crippen molar-refractivity contribution in [1.29, 1.82) is 0 Å². The van der Waals surface area contributed by atoms with Crippen molar-refractivity contribution in [3.8, 4) is 0 Å². The SMILES string of the molecule is C[C@@H]1CC[C@H]2C(=O)N(c3ccc(C(=O)OCC(=O)Nc4cccc([N+](=O)[O-])c4)cc3)C(=O)[C@H]2C1. The van der Waals surface area contributed by atoms with E-state index in [4.69, 9.17) is 4.74 Å². The van der Waals surface area contributed by atoms with Crippen LogP contribution >= 0.6 is 0 Å². The Labute approximate surface area is 195 Å². The van der Waals surface area contributed by atoms with Crippen LogP contribution in [0.2, 0.25) is 0 Å². The molecule has 4 rings (SSSR count). The average Bonchev–Trinajstić information content (AvgIpc) is 3.07. The number of fused-ring (bicyclic) bond motifs is 1. The van der Waals surface area contributed by atoms with Gasteiger partial charge in [-0.05, 0) is 55.5 Å². The summed E-state index contributed by atoms with van der Waals surface area (Å²) < 4.78 is 5.00. The molecule has 176 valence electrons. The highest BCUT2D eigenvalue weighted by atomic mass is 16.6. The van der Waals surface area contributed by atoms with E-state index in [0.717, 1.165) is 6.42 Å². The summed E-state index contributed by atoms with van der Waals surface area (Å²) in [5.41, 5.74) is 0.571. The average molecular weight is 465 g/mol. The Morgan fingerprint density at radius 3 is 2.50 bits per heavy atom. The first-order valence-corrected chi connectivity index (χ1v) is 10.9. The Hall–Kier alpha value is -4.08. The number of rotatable bonds is 6. The van der Waals surface area contributed by atoms with E-state index < -0.39 is 23.4 Å². The second-order valence-electron chi connectivity index (χ2n) is 8.62. The minimum absolute atomic E-state index is 0.150. The molecule has 1 aliphatic heterocycles. The first kappa shape index (κ1) is 23.1. The smallest absolute Gasteiger partial charge is 0.338 e. The number of amides is 3. The lowest BCUT2D eigenvalue weighted by Crippen LogP contribution is -2.30. The second-order valence-corrected chi connectivity index (χ2v) is 8.62. The molecule has 0 spiro atoms. The van der Waals surface area contributed by atoms with Gasteiger partial charge in [0.15, 0.2) is 6.61 Å². The van der Waals surface area contributed by atoms with Crippen molar-refractivity contribution in [3.05, 3.63) is 64.2 Å². The summed E-state index contributed by atoms with van der Waals surface area (Å²) in [5.74, 6) is -1.98. The van der Waals surface area contributed by atoms with Crippen molar-refractivity contribution in [2.75, 3.05) is 16.8 Å². The Kier molecular flexibility index (Phi) is 6.40. The molecule has 0 unspecified atom stereocenters. The van der Waals surface area contributed by atoms with E-state index in [1.807, 2.05) is 0 Å². The van der Waals surface area contributed by atoms with E-state index in [9.17, 15) is 29.3 Å². The van der Waals surface area contributed by atoms with Gasteiger partial charge < -0.3 is 10.1 Å². The zero-order chi connectivity index (χ0) is 24.4. The van der Waals surface area contributed by atoms with E-state index in [1.54, 1.807) is 0 Å². The van der Waals surface area contributed by atoms with Crippen LogP contribution in [0.15, 0.2) is 48.5 Å². The highest BCUT2D eigenvalue weighted by Crippen LogP contribution is 2.42. The summed E-state index contributed by atoms with van der Waals surface area (Å²) in [6, 6.07) is 11.3. The Bertz CT molecular complexity index is 1160. The maximum atomic E-state index is 12.8. The molecule has 1 aliphatic carbocycles. The first-order chi connectivity index (χ1) is 16.2. The fraction of sp³-hybridized carbons (Fsp3) is 0.333. The molecule has 10 heteroatoms. The van der Waals surface area contributed by atoms with Crippen molar-refractivity contribution in [2.24, 2.45) is 17.8 Å². The molecule has 0 bridgehead atoms. The van der Waals surface area contributed by atoms with Crippen LogP contribution in [-0.2, 0) is 19.1 Å². The number of benzene rings is 2. The van der Waals surface area contributed by atoms with Crippen LogP contribution in [0.4, 0.5) is 17.1 Å². The summed E-state index contributed by atoms with van der Waals surface area (Å²) in [6.45, 7) is 1.49. The summed E-state index contributed by atoms with van der Waals surface area (Å²) in [7, 11) is 0. The minimum atomic E-state index is -0.762. The zero-order valence-electron chi connectivity index (χ0n) is 18.4. The van der Waals surface area contributed by atoms with E-state index in [-0.39, 0.29) is 40.6 Å². The van der Waals surface area contributed by atoms with Crippen LogP contribution in [-0.4, -0.2) is 35.2 Å². The summed E-state index contributed by atoms with van der Waals surface area (Å²) >= 11 is 0. The number of esters is 1. The Balaban J connectivity index is 1.35. The van der Waals surface area contributed by atoms with Gasteiger partial charge in [-0.3, -0.25) is 29.4 Å². The van der Waals surface area contributed by atoms with E-state index in [1.165, 1.54) is 53.4 Å². The molecule has 3 amide bonds. The number of carbonyl (C=O) groups is 4. The van der Waals surface area contributed by atoms with E-state index in [2.05, 4.69) is 12.2 Å². The molecular weight excluding hydrogens is 442 g/mol. The van der Waals surface area contributed by atoms with Gasteiger partial charge in [-0.1, -0.05) is 13.0 Å². The van der Waals surface area contributed by atoms with Gasteiger partial charge in [-0.2, -0.15) is 0 Å². The predicted octanol–water partition coefficient (Wildman–Crippen LogP) is 3.32. The molecule has 0 aromatic heterocycles.